The molecule has 20 heavy (non-hydrogen) atoms. The first kappa shape index (κ1) is 14.8. The standard InChI is InChI=1S/C18H24FN/c1-15(2)17-8-10-18(11-9-17)20(13-12-19)14-16-6-4-3-5-7-16/h3-6,8-11,15-16H,7,12-14H2,1-2H3. The molecule has 0 bridgehead atoms. The Balaban J connectivity index is 2.07. The lowest BCUT2D eigenvalue weighted by Crippen LogP contribution is -2.31. The van der Waals surface area contributed by atoms with Crippen molar-refractivity contribution in [2.24, 2.45) is 5.92 Å². The zero-order valence-electron chi connectivity index (χ0n) is 12.4. The van der Waals surface area contributed by atoms with Crippen LogP contribution in [0.1, 0.15) is 31.7 Å². The summed E-state index contributed by atoms with van der Waals surface area (Å²) in [5, 5.41) is 0. The number of nitrogens with zero attached hydrogens (tertiary/aromatic N) is 1. The van der Waals surface area contributed by atoms with Crippen LogP contribution in [0.5, 0.6) is 0 Å². The van der Waals surface area contributed by atoms with Gasteiger partial charge in [0.05, 0.1) is 0 Å². The molecule has 1 atom stereocenters. The maximum atomic E-state index is 12.8. The average molecular weight is 273 g/mol. The zero-order chi connectivity index (χ0) is 14.4. The molecule has 1 aliphatic carbocycles. The normalized spacial score (nSPS) is 17.7. The topological polar surface area (TPSA) is 3.24 Å². The quantitative estimate of drug-likeness (QED) is 0.725. The Labute approximate surface area is 121 Å². The third-order valence-corrected chi connectivity index (χ3v) is 3.80. The summed E-state index contributed by atoms with van der Waals surface area (Å²) in [6.45, 7) is 5.42. The van der Waals surface area contributed by atoms with E-state index in [0.717, 1.165) is 18.7 Å². The van der Waals surface area contributed by atoms with Crippen molar-refractivity contribution >= 4 is 5.69 Å². The smallest absolute Gasteiger partial charge is 0.107 e. The van der Waals surface area contributed by atoms with E-state index in [1.54, 1.807) is 0 Å². The molecule has 1 aromatic rings. The molecular formula is C18H24FN. The summed E-state index contributed by atoms with van der Waals surface area (Å²) in [6.07, 6.45) is 9.61. The van der Waals surface area contributed by atoms with Gasteiger partial charge in [0.25, 0.3) is 0 Å². The third kappa shape index (κ3) is 3.96. The van der Waals surface area contributed by atoms with Gasteiger partial charge < -0.3 is 4.90 Å². The molecule has 2 rings (SSSR count). The van der Waals surface area contributed by atoms with E-state index in [1.807, 2.05) is 0 Å². The summed E-state index contributed by atoms with van der Waals surface area (Å²) in [5.41, 5.74) is 2.45. The Morgan fingerprint density at radius 1 is 1.20 bits per heavy atom. The number of benzene rings is 1. The fourth-order valence-electron chi connectivity index (χ4n) is 2.55. The van der Waals surface area contributed by atoms with Crippen molar-refractivity contribution in [3.8, 4) is 0 Å². The minimum atomic E-state index is -0.307. The van der Waals surface area contributed by atoms with Crippen molar-refractivity contribution in [3.63, 3.8) is 0 Å². The van der Waals surface area contributed by atoms with Crippen LogP contribution in [0, 0.1) is 5.92 Å². The van der Waals surface area contributed by atoms with E-state index < -0.39 is 0 Å². The molecule has 0 radical (unpaired) electrons. The predicted molar refractivity (Wildman–Crippen MR) is 85.1 cm³/mol. The van der Waals surface area contributed by atoms with Crippen LogP contribution in [0.2, 0.25) is 0 Å². The number of anilines is 1. The first-order valence-electron chi connectivity index (χ1n) is 7.45. The number of rotatable bonds is 6. The van der Waals surface area contributed by atoms with E-state index in [0.29, 0.717) is 18.4 Å². The number of alkyl halides is 1. The van der Waals surface area contributed by atoms with Crippen LogP contribution in [-0.2, 0) is 0 Å². The molecule has 108 valence electrons. The van der Waals surface area contributed by atoms with Crippen molar-refractivity contribution in [1.29, 1.82) is 0 Å². The van der Waals surface area contributed by atoms with Gasteiger partial charge in [-0.3, -0.25) is 0 Å². The molecule has 0 amide bonds. The molecule has 0 saturated carbocycles. The van der Waals surface area contributed by atoms with Crippen LogP contribution in [0.15, 0.2) is 48.6 Å². The summed E-state index contributed by atoms with van der Waals surface area (Å²) in [5.74, 6) is 1.02. The molecule has 0 fully saturated rings. The van der Waals surface area contributed by atoms with Crippen LogP contribution in [0.3, 0.4) is 0 Å². The Morgan fingerprint density at radius 2 is 1.95 bits per heavy atom. The highest BCUT2D eigenvalue weighted by Gasteiger charge is 2.13. The average Bonchev–Trinajstić information content (AvgIpc) is 2.48. The number of hydrogen-bond donors (Lipinski definition) is 0. The second kappa shape index (κ2) is 7.28. The maximum Gasteiger partial charge on any atom is 0.107 e. The SMILES string of the molecule is CC(C)c1ccc(N(CCF)CC2C=CC=CC2)cc1. The van der Waals surface area contributed by atoms with Crippen molar-refractivity contribution in [2.75, 3.05) is 24.7 Å². The van der Waals surface area contributed by atoms with Gasteiger partial charge in [0, 0.05) is 18.8 Å². The Morgan fingerprint density at radius 3 is 2.50 bits per heavy atom. The molecule has 0 saturated heterocycles. The molecule has 0 aromatic heterocycles. The van der Waals surface area contributed by atoms with Crippen LogP contribution < -0.4 is 4.90 Å². The van der Waals surface area contributed by atoms with E-state index in [1.165, 1.54) is 5.56 Å². The highest BCUT2D eigenvalue weighted by Crippen LogP contribution is 2.22. The first-order valence-corrected chi connectivity index (χ1v) is 7.45. The van der Waals surface area contributed by atoms with Gasteiger partial charge in [-0.1, -0.05) is 50.3 Å². The van der Waals surface area contributed by atoms with Gasteiger partial charge in [-0.15, -0.1) is 0 Å². The molecule has 1 unspecified atom stereocenters. The summed E-state index contributed by atoms with van der Waals surface area (Å²) in [4.78, 5) is 2.15. The molecule has 0 spiro atoms. The van der Waals surface area contributed by atoms with E-state index in [4.69, 9.17) is 0 Å². The van der Waals surface area contributed by atoms with Gasteiger partial charge in [0.2, 0.25) is 0 Å². The zero-order valence-corrected chi connectivity index (χ0v) is 12.4. The monoisotopic (exact) mass is 273 g/mol. The first-order chi connectivity index (χ1) is 9.70. The molecule has 1 aliphatic rings. The van der Waals surface area contributed by atoms with Crippen molar-refractivity contribution < 1.29 is 4.39 Å². The van der Waals surface area contributed by atoms with E-state index in [2.05, 4.69) is 67.3 Å². The van der Waals surface area contributed by atoms with Crippen LogP contribution in [-0.4, -0.2) is 19.8 Å². The number of allylic oxidation sites excluding steroid dienone is 3. The van der Waals surface area contributed by atoms with Gasteiger partial charge in [-0.05, 0) is 36.0 Å². The minimum Gasteiger partial charge on any atom is -0.368 e. The number of hydrogen-bond acceptors (Lipinski definition) is 1. The molecule has 2 heteroatoms. The summed E-state index contributed by atoms with van der Waals surface area (Å²) in [7, 11) is 0. The lowest BCUT2D eigenvalue weighted by molar-refractivity contribution is 0.479. The molecule has 0 heterocycles. The molecule has 0 N–H and O–H groups in total. The third-order valence-electron chi connectivity index (χ3n) is 3.80. The van der Waals surface area contributed by atoms with Crippen molar-refractivity contribution in [1.82, 2.24) is 0 Å². The Kier molecular flexibility index (Phi) is 5.40. The molecular weight excluding hydrogens is 249 g/mol. The van der Waals surface area contributed by atoms with Gasteiger partial charge in [-0.25, -0.2) is 4.39 Å². The number of halogens is 1. The molecule has 0 aliphatic heterocycles. The van der Waals surface area contributed by atoms with E-state index in [9.17, 15) is 4.39 Å². The maximum absolute atomic E-state index is 12.8. The highest BCUT2D eigenvalue weighted by atomic mass is 19.1. The molecule has 1 aromatic carbocycles. The van der Waals surface area contributed by atoms with Gasteiger partial charge >= 0.3 is 0 Å². The summed E-state index contributed by atoms with van der Waals surface area (Å²) >= 11 is 0. The summed E-state index contributed by atoms with van der Waals surface area (Å²) < 4.78 is 12.8. The predicted octanol–water partition coefficient (Wildman–Crippen LogP) is 4.72. The lowest BCUT2D eigenvalue weighted by atomic mass is 9.99. The largest absolute Gasteiger partial charge is 0.368 e. The van der Waals surface area contributed by atoms with Gasteiger partial charge in [0.15, 0.2) is 0 Å². The van der Waals surface area contributed by atoms with E-state index in [-0.39, 0.29) is 6.67 Å². The Bertz CT molecular complexity index is 459. The molecule has 1 nitrogen and oxygen atoms in total. The Hall–Kier alpha value is -1.57. The van der Waals surface area contributed by atoms with E-state index >= 15 is 0 Å². The minimum absolute atomic E-state index is 0.307. The fourth-order valence-corrected chi connectivity index (χ4v) is 2.55. The van der Waals surface area contributed by atoms with Gasteiger partial charge in [-0.2, -0.15) is 0 Å². The van der Waals surface area contributed by atoms with Crippen molar-refractivity contribution in [2.45, 2.75) is 26.2 Å². The summed E-state index contributed by atoms with van der Waals surface area (Å²) in [6, 6.07) is 8.55. The van der Waals surface area contributed by atoms with Gasteiger partial charge in [0.1, 0.15) is 6.67 Å². The van der Waals surface area contributed by atoms with Crippen LogP contribution in [0.25, 0.3) is 0 Å². The van der Waals surface area contributed by atoms with Crippen molar-refractivity contribution in [3.05, 3.63) is 54.1 Å². The second-order valence-corrected chi connectivity index (χ2v) is 5.69. The second-order valence-electron chi connectivity index (χ2n) is 5.69. The van der Waals surface area contributed by atoms with Crippen LogP contribution >= 0.6 is 0 Å². The highest BCUT2D eigenvalue weighted by molar-refractivity contribution is 5.48. The fraction of sp³-hybridized carbons (Fsp3) is 0.444. The van der Waals surface area contributed by atoms with Crippen LogP contribution in [0.4, 0.5) is 10.1 Å². The lowest BCUT2D eigenvalue weighted by Gasteiger charge is -2.28.